The molecule has 1 aromatic heterocycles. The third-order valence-corrected chi connectivity index (χ3v) is 3.91. The number of hydrogen-bond donors (Lipinski definition) is 1. The highest BCUT2D eigenvalue weighted by Crippen LogP contribution is 2.25. The Bertz CT molecular complexity index is 665. The molecule has 0 amide bonds. The number of nitrogens with zero attached hydrogens (tertiary/aromatic N) is 1. The molecule has 1 N–H and O–H groups in total. The SMILES string of the molecule is Cc1n[nH]c(C)c1[C@H](C)CC(=O)OCc1ccc(F)cc1Cl. The molecule has 1 atom stereocenters. The minimum Gasteiger partial charge on any atom is -0.461 e. The molecule has 0 radical (unpaired) electrons. The number of carbonyl (C=O) groups excluding carboxylic acids is 1. The Balaban J connectivity index is 1.93. The summed E-state index contributed by atoms with van der Waals surface area (Å²) < 4.78 is 18.2. The molecule has 0 fully saturated rings. The first-order valence-corrected chi connectivity index (χ1v) is 7.37. The fraction of sp³-hybridized carbons (Fsp3) is 0.375. The van der Waals surface area contributed by atoms with E-state index in [-0.39, 0.29) is 29.9 Å². The lowest BCUT2D eigenvalue weighted by Crippen LogP contribution is -2.10. The number of aromatic nitrogens is 2. The van der Waals surface area contributed by atoms with Crippen molar-refractivity contribution in [2.24, 2.45) is 0 Å². The zero-order valence-electron chi connectivity index (χ0n) is 12.7. The topological polar surface area (TPSA) is 55.0 Å². The normalized spacial score (nSPS) is 12.2. The second kappa shape index (κ2) is 6.92. The summed E-state index contributed by atoms with van der Waals surface area (Å²) in [6, 6.07) is 4.00. The van der Waals surface area contributed by atoms with Gasteiger partial charge in [-0.1, -0.05) is 24.6 Å². The van der Waals surface area contributed by atoms with E-state index in [1.165, 1.54) is 18.2 Å². The van der Waals surface area contributed by atoms with Crippen molar-refractivity contribution in [2.45, 2.75) is 39.7 Å². The van der Waals surface area contributed by atoms with E-state index in [0.717, 1.165) is 17.0 Å². The Morgan fingerprint density at radius 1 is 1.45 bits per heavy atom. The second-order valence-corrected chi connectivity index (χ2v) is 5.76. The summed E-state index contributed by atoms with van der Waals surface area (Å²) in [5, 5.41) is 7.29. The largest absolute Gasteiger partial charge is 0.461 e. The summed E-state index contributed by atoms with van der Waals surface area (Å²) in [4.78, 5) is 12.0. The average Bonchev–Trinajstić information content (AvgIpc) is 2.77. The van der Waals surface area contributed by atoms with Crippen LogP contribution in [0.4, 0.5) is 4.39 Å². The third-order valence-electron chi connectivity index (χ3n) is 3.55. The first-order chi connectivity index (χ1) is 10.4. The van der Waals surface area contributed by atoms with Gasteiger partial charge in [-0.3, -0.25) is 9.89 Å². The predicted molar refractivity (Wildman–Crippen MR) is 82.3 cm³/mol. The number of nitrogens with one attached hydrogen (secondary N) is 1. The standard InChI is InChI=1S/C16H18ClFN2O2/c1-9(16-10(2)19-20-11(16)3)6-15(21)22-8-12-4-5-13(18)7-14(12)17/h4-5,7,9H,6,8H2,1-3H3,(H,19,20)/t9-/m1/s1. The summed E-state index contributed by atoms with van der Waals surface area (Å²) in [5.41, 5.74) is 3.47. The van der Waals surface area contributed by atoms with Crippen LogP contribution in [0, 0.1) is 19.7 Å². The minimum atomic E-state index is -0.417. The zero-order valence-corrected chi connectivity index (χ0v) is 13.5. The molecule has 0 bridgehead atoms. The van der Waals surface area contributed by atoms with E-state index in [1.54, 1.807) is 0 Å². The van der Waals surface area contributed by atoms with E-state index in [4.69, 9.17) is 16.3 Å². The van der Waals surface area contributed by atoms with Gasteiger partial charge in [-0.25, -0.2) is 4.39 Å². The Kier molecular flexibility index (Phi) is 5.19. The van der Waals surface area contributed by atoms with E-state index in [0.29, 0.717) is 5.56 Å². The van der Waals surface area contributed by atoms with Gasteiger partial charge in [-0.15, -0.1) is 0 Å². The molecule has 6 heteroatoms. The van der Waals surface area contributed by atoms with E-state index in [1.807, 2.05) is 20.8 Å². The predicted octanol–water partition coefficient (Wildman–Crippen LogP) is 4.06. The van der Waals surface area contributed by atoms with Gasteiger partial charge in [0.05, 0.1) is 17.1 Å². The molecular weight excluding hydrogens is 307 g/mol. The van der Waals surface area contributed by atoms with Crippen LogP contribution in [0.3, 0.4) is 0 Å². The van der Waals surface area contributed by atoms with Gasteiger partial charge in [0.25, 0.3) is 0 Å². The van der Waals surface area contributed by atoms with Crippen molar-refractivity contribution in [3.05, 3.63) is 51.6 Å². The van der Waals surface area contributed by atoms with Crippen molar-refractivity contribution in [2.75, 3.05) is 0 Å². The molecule has 4 nitrogen and oxygen atoms in total. The molecule has 0 aliphatic carbocycles. The Morgan fingerprint density at radius 2 is 2.18 bits per heavy atom. The van der Waals surface area contributed by atoms with Crippen molar-refractivity contribution < 1.29 is 13.9 Å². The lowest BCUT2D eigenvalue weighted by Gasteiger charge is -2.12. The number of hydrogen-bond acceptors (Lipinski definition) is 3. The quantitative estimate of drug-likeness (QED) is 0.844. The van der Waals surface area contributed by atoms with E-state index in [2.05, 4.69) is 10.2 Å². The Morgan fingerprint density at radius 3 is 2.77 bits per heavy atom. The Hall–Kier alpha value is -1.88. The average molecular weight is 325 g/mol. The first kappa shape index (κ1) is 16.5. The van der Waals surface area contributed by atoms with Crippen molar-refractivity contribution in [3.8, 4) is 0 Å². The number of carbonyl (C=O) groups is 1. The number of aromatic amines is 1. The number of aryl methyl sites for hydroxylation is 2. The van der Waals surface area contributed by atoms with Gasteiger partial charge >= 0.3 is 5.97 Å². The summed E-state index contributed by atoms with van der Waals surface area (Å²) in [5.74, 6) is -0.734. The molecular formula is C16H18ClFN2O2. The Labute approximate surface area is 133 Å². The number of benzene rings is 1. The van der Waals surface area contributed by atoms with Crippen LogP contribution < -0.4 is 0 Å². The maximum Gasteiger partial charge on any atom is 0.306 e. The van der Waals surface area contributed by atoms with Gasteiger partial charge in [0, 0.05) is 11.3 Å². The van der Waals surface area contributed by atoms with Crippen LogP contribution in [0.25, 0.3) is 0 Å². The van der Waals surface area contributed by atoms with E-state index in [9.17, 15) is 9.18 Å². The maximum absolute atomic E-state index is 13.0. The van der Waals surface area contributed by atoms with Crippen molar-refractivity contribution in [1.29, 1.82) is 0 Å². The van der Waals surface area contributed by atoms with Crippen LogP contribution in [0.5, 0.6) is 0 Å². The fourth-order valence-corrected chi connectivity index (χ4v) is 2.72. The van der Waals surface area contributed by atoms with Gasteiger partial charge < -0.3 is 4.74 Å². The second-order valence-electron chi connectivity index (χ2n) is 5.35. The lowest BCUT2D eigenvalue weighted by molar-refractivity contribution is -0.145. The smallest absolute Gasteiger partial charge is 0.306 e. The van der Waals surface area contributed by atoms with Crippen molar-refractivity contribution >= 4 is 17.6 Å². The van der Waals surface area contributed by atoms with Gasteiger partial charge in [-0.05, 0) is 37.5 Å². The number of rotatable bonds is 5. The van der Waals surface area contributed by atoms with Gasteiger partial charge in [-0.2, -0.15) is 5.10 Å². The highest BCUT2D eigenvalue weighted by Gasteiger charge is 2.18. The monoisotopic (exact) mass is 324 g/mol. The molecule has 0 unspecified atom stereocenters. The van der Waals surface area contributed by atoms with Gasteiger partial charge in [0.15, 0.2) is 0 Å². The number of halogens is 2. The summed E-state index contributed by atoms with van der Waals surface area (Å²) in [7, 11) is 0. The van der Waals surface area contributed by atoms with Crippen LogP contribution in [-0.4, -0.2) is 16.2 Å². The van der Waals surface area contributed by atoms with Crippen LogP contribution >= 0.6 is 11.6 Å². The molecule has 1 aromatic carbocycles. The highest BCUT2D eigenvalue weighted by atomic mass is 35.5. The van der Waals surface area contributed by atoms with Crippen LogP contribution in [0.2, 0.25) is 5.02 Å². The van der Waals surface area contributed by atoms with Gasteiger partial charge in [0.2, 0.25) is 0 Å². The van der Waals surface area contributed by atoms with Crippen LogP contribution in [-0.2, 0) is 16.1 Å². The molecule has 2 rings (SSSR count). The first-order valence-electron chi connectivity index (χ1n) is 6.99. The zero-order chi connectivity index (χ0) is 16.3. The number of H-pyrrole nitrogens is 1. The minimum absolute atomic E-state index is 0.00920. The third kappa shape index (κ3) is 3.85. The lowest BCUT2D eigenvalue weighted by atomic mass is 9.96. The van der Waals surface area contributed by atoms with Crippen LogP contribution in [0.15, 0.2) is 18.2 Å². The summed E-state index contributed by atoms with van der Waals surface area (Å²) in [6.45, 7) is 5.82. The molecule has 0 saturated heterocycles. The van der Waals surface area contributed by atoms with E-state index < -0.39 is 5.82 Å². The highest BCUT2D eigenvalue weighted by molar-refractivity contribution is 6.31. The van der Waals surface area contributed by atoms with Crippen molar-refractivity contribution in [1.82, 2.24) is 10.2 Å². The molecule has 0 aliphatic heterocycles. The van der Waals surface area contributed by atoms with E-state index >= 15 is 0 Å². The molecule has 0 spiro atoms. The summed E-state index contributed by atoms with van der Waals surface area (Å²) >= 11 is 5.90. The molecule has 22 heavy (non-hydrogen) atoms. The molecule has 0 saturated carbocycles. The molecule has 118 valence electrons. The maximum atomic E-state index is 13.0. The molecule has 0 aliphatic rings. The number of ether oxygens (including phenoxy) is 1. The summed E-state index contributed by atoms with van der Waals surface area (Å²) in [6.07, 6.45) is 0.250. The number of esters is 1. The van der Waals surface area contributed by atoms with Crippen molar-refractivity contribution in [3.63, 3.8) is 0 Å². The fourth-order valence-electron chi connectivity index (χ4n) is 2.49. The molecule has 1 heterocycles. The van der Waals surface area contributed by atoms with Crippen LogP contribution in [0.1, 0.15) is 41.8 Å². The van der Waals surface area contributed by atoms with Gasteiger partial charge in [0.1, 0.15) is 12.4 Å². The molecule has 2 aromatic rings.